The number of aryl methyl sites for hydroxylation is 2. The first-order chi connectivity index (χ1) is 11.6. The molecule has 3 aromatic rings. The van der Waals surface area contributed by atoms with Crippen LogP contribution in [-0.4, -0.2) is 21.8 Å². The highest BCUT2D eigenvalue weighted by molar-refractivity contribution is 7.99. The summed E-state index contributed by atoms with van der Waals surface area (Å²) < 4.78 is 1.82. The zero-order chi connectivity index (χ0) is 16.7. The van der Waals surface area contributed by atoms with Gasteiger partial charge in [-0.05, 0) is 37.6 Å². The van der Waals surface area contributed by atoms with Gasteiger partial charge in [0.05, 0.1) is 16.9 Å². The lowest BCUT2D eigenvalue weighted by Gasteiger charge is -2.14. The Labute approximate surface area is 144 Å². The molecule has 0 saturated heterocycles. The van der Waals surface area contributed by atoms with Gasteiger partial charge in [0.1, 0.15) is 0 Å². The number of para-hydroxylation sites is 1. The Morgan fingerprint density at radius 1 is 1.25 bits per heavy atom. The summed E-state index contributed by atoms with van der Waals surface area (Å²) in [4.78, 5) is 18.7. The normalized spacial score (nSPS) is 16.2. The Morgan fingerprint density at radius 2 is 2.08 bits per heavy atom. The lowest BCUT2D eigenvalue weighted by atomic mass is 10.2. The summed E-state index contributed by atoms with van der Waals surface area (Å²) in [6.45, 7) is 4.99. The van der Waals surface area contributed by atoms with Gasteiger partial charge in [-0.1, -0.05) is 29.8 Å². The summed E-state index contributed by atoms with van der Waals surface area (Å²) in [6.07, 6.45) is 0. The van der Waals surface area contributed by atoms with Crippen molar-refractivity contribution in [1.82, 2.24) is 9.55 Å². The molecular weight excluding hydrogens is 318 g/mol. The van der Waals surface area contributed by atoms with Gasteiger partial charge in [-0.15, -0.1) is 11.8 Å². The van der Waals surface area contributed by atoms with E-state index in [1.807, 2.05) is 28.8 Å². The molecule has 4 nitrogen and oxygen atoms in total. The Bertz CT molecular complexity index is 980. The van der Waals surface area contributed by atoms with Gasteiger partial charge >= 0.3 is 0 Å². The van der Waals surface area contributed by atoms with Crippen molar-refractivity contribution in [3.8, 4) is 0 Å². The van der Waals surface area contributed by atoms with E-state index in [1.54, 1.807) is 11.8 Å². The van der Waals surface area contributed by atoms with Crippen LogP contribution in [0.2, 0.25) is 0 Å². The fourth-order valence-corrected chi connectivity index (χ4v) is 4.28. The zero-order valence-corrected chi connectivity index (χ0v) is 14.6. The average Bonchev–Trinajstić information content (AvgIpc) is 2.97. The summed E-state index contributed by atoms with van der Waals surface area (Å²) in [6, 6.07) is 14.2. The molecule has 0 radical (unpaired) electrons. The van der Waals surface area contributed by atoms with E-state index in [2.05, 4.69) is 42.3 Å². The second kappa shape index (κ2) is 5.98. The van der Waals surface area contributed by atoms with Crippen molar-refractivity contribution in [3.05, 3.63) is 63.9 Å². The summed E-state index contributed by atoms with van der Waals surface area (Å²) in [5, 5.41) is 3.97. The molecule has 2 aromatic carbocycles. The van der Waals surface area contributed by atoms with Crippen molar-refractivity contribution in [3.63, 3.8) is 0 Å². The molecule has 122 valence electrons. The van der Waals surface area contributed by atoms with Crippen LogP contribution in [0.4, 0.5) is 5.95 Å². The van der Waals surface area contributed by atoms with Crippen LogP contribution < -0.4 is 10.9 Å². The monoisotopic (exact) mass is 337 g/mol. The molecule has 1 aromatic heterocycles. The molecule has 2 heterocycles. The van der Waals surface area contributed by atoms with Crippen LogP contribution in [0, 0.1) is 13.8 Å². The fourth-order valence-electron chi connectivity index (χ4n) is 3.19. The lowest BCUT2D eigenvalue weighted by molar-refractivity contribution is 0.619. The van der Waals surface area contributed by atoms with E-state index in [0.717, 1.165) is 17.8 Å². The van der Waals surface area contributed by atoms with E-state index in [1.165, 1.54) is 16.0 Å². The highest BCUT2D eigenvalue weighted by Gasteiger charge is 2.25. The molecule has 0 fully saturated rings. The van der Waals surface area contributed by atoms with Gasteiger partial charge in [-0.2, -0.15) is 0 Å². The Morgan fingerprint density at radius 3 is 2.92 bits per heavy atom. The molecule has 0 spiro atoms. The van der Waals surface area contributed by atoms with Gasteiger partial charge in [0.15, 0.2) is 0 Å². The molecule has 0 bridgehead atoms. The molecule has 1 aliphatic heterocycles. The molecule has 5 heteroatoms. The third-order valence-corrected chi connectivity index (χ3v) is 5.75. The third kappa shape index (κ3) is 2.59. The molecule has 0 saturated carbocycles. The molecule has 24 heavy (non-hydrogen) atoms. The number of rotatable bonds is 3. The molecule has 0 amide bonds. The number of hydrogen-bond donors (Lipinski definition) is 1. The van der Waals surface area contributed by atoms with E-state index in [4.69, 9.17) is 0 Å². The Balaban J connectivity index is 1.64. The van der Waals surface area contributed by atoms with Crippen molar-refractivity contribution < 1.29 is 0 Å². The second-order valence-electron chi connectivity index (χ2n) is 6.24. The van der Waals surface area contributed by atoms with Gasteiger partial charge in [0.2, 0.25) is 5.95 Å². The minimum absolute atomic E-state index is 0.0480. The number of anilines is 1. The standard InChI is InChI=1S/C19H19N3OS/c1-12-7-8-17(13(2)9-12)24-11-14-10-20-19-21-16-6-4-3-5-15(16)18(23)22(14)19/h3-9,14H,10-11H2,1-2H3,(H,20,21)/t14-/m1/s1. The van der Waals surface area contributed by atoms with Gasteiger partial charge in [-0.25, -0.2) is 4.98 Å². The van der Waals surface area contributed by atoms with Gasteiger partial charge < -0.3 is 5.32 Å². The first-order valence-electron chi connectivity index (χ1n) is 8.08. The highest BCUT2D eigenvalue weighted by atomic mass is 32.2. The fraction of sp³-hybridized carbons (Fsp3) is 0.263. The maximum atomic E-state index is 12.8. The molecule has 0 unspecified atom stereocenters. The van der Waals surface area contributed by atoms with Crippen LogP contribution in [0.25, 0.3) is 10.9 Å². The number of nitrogens with one attached hydrogen (secondary N) is 1. The predicted molar refractivity (Wildman–Crippen MR) is 100 cm³/mol. The number of thioether (sulfide) groups is 1. The molecule has 1 atom stereocenters. The minimum atomic E-state index is 0.0480. The van der Waals surface area contributed by atoms with Crippen LogP contribution >= 0.6 is 11.8 Å². The zero-order valence-electron chi connectivity index (χ0n) is 13.7. The lowest BCUT2D eigenvalue weighted by Crippen LogP contribution is -2.24. The first kappa shape index (κ1) is 15.3. The number of nitrogens with zero attached hydrogens (tertiary/aromatic N) is 2. The van der Waals surface area contributed by atoms with E-state index in [-0.39, 0.29) is 11.6 Å². The summed E-state index contributed by atoms with van der Waals surface area (Å²) in [5.74, 6) is 1.54. The van der Waals surface area contributed by atoms with Crippen molar-refractivity contribution in [1.29, 1.82) is 0 Å². The molecular formula is C19H19N3OS. The van der Waals surface area contributed by atoms with Crippen molar-refractivity contribution in [2.75, 3.05) is 17.6 Å². The largest absolute Gasteiger partial charge is 0.353 e. The van der Waals surface area contributed by atoms with Crippen LogP contribution in [0.3, 0.4) is 0 Å². The maximum absolute atomic E-state index is 12.8. The maximum Gasteiger partial charge on any atom is 0.263 e. The number of fused-ring (bicyclic) bond motifs is 2. The summed E-state index contributed by atoms with van der Waals surface area (Å²) >= 11 is 1.80. The quantitative estimate of drug-likeness (QED) is 0.739. The van der Waals surface area contributed by atoms with Crippen LogP contribution in [0.15, 0.2) is 52.2 Å². The smallest absolute Gasteiger partial charge is 0.263 e. The van der Waals surface area contributed by atoms with Crippen LogP contribution in [-0.2, 0) is 0 Å². The Kier molecular flexibility index (Phi) is 3.81. The van der Waals surface area contributed by atoms with E-state index in [9.17, 15) is 4.79 Å². The second-order valence-corrected chi connectivity index (χ2v) is 7.30. The molecule has 1 N–H and O–H groups in total. The van der Waals surface area contributed by atoms with Crippen LogP contribution in [0.1, 0.15) is 17.2 Å². The third-order valence-electron chi connectivity index (χ3n) is 4.43. The van der Waals surface area contributed by atoms with Crippen molar-refractivity contribution in [2.45, 2.75) is 24.8 Å². The average molecular weight is 337 g/mol. The van der Waals surface area contributed by atoms with E-state index >= 15 is 0 Å². The topological polar surface area (TPSA) is 46.9 Å². The van der Waals surface area contributed by atoms with Crippen molar-refractivity contribution >= 4 is 28.6 Å². The molecule has 4 rings (SSSR count). The number of hydrogen-bond acceptors (Lipinski definition) is 4. The van der Waals surface area contributed by atoms with Crippen molar-refractivity contribution in [2.24, 2.45) is 0 Å². The molecule has 0 aliphatic carbocycles. The SMILES string of the molecule is Cc1ccc(SC[C@H]2CNc3nc4ccccc4c(=O)n32)c(C)c1. The summed E-state index contributed by atoms with van der Waals surface area (Å²) in [5.41, 5.74) is 3.36. The molecule has 1 aliphatic rings. The Hall–Kier alpha value is -2.27. The van der Waals surface area contributed by atoms with Gasteiger partial charge in [-0.3, -0.25) is 9.36 Å². The van der Waals surface area contributed by atoms with Crippen LogP contribution in [0.5, 0.6) is 0 Å². The summed E-state index contributed by atoms with van der Waals surface area (Å²) in [7, 11) is 0. The number of aromatic nitrogens is 2. The highest BCUT2D eigenvalue weighted by Crippen LogP contribution is 2.30. The minimum Gasteiger partial charge on any atom is -0.353 e. The van der Waals surface area contributed by atoms with E-state index in [0.29, 0.717) is 11.3 Å². The van der Waals surface area contributed by atoms with Gasteiger partial charge in [0, 0.05) is 17.2 Å². The predicted octanol–water partition coefficient (Wildman–Crippen LogP) is 3.77. The van der Waals surface area contributed by atoms with Gasteiger partial charge in [0.25, 0.3) is 5.56 Å². The number of benzene rings is 2. The first-order valence-corrected chi connectivity index (χ1v) is 9.07. The van der Waals surface area contributed by atoms with E-state index < -0.39 is 0 Å².